The maximum atomic E-state index is 12.2. The van der Waals surface area contributed by atoms with Gasteiger partial charge in [0.1, 0.15) is 6.04 Å². The Morgan fingerprint density at radius 3 is 2.71 bits per heavy atom. The van der Waals surface area contributed by atoms with E-state index in [1.54, 1.807) is 26.8 Å². The van der Waals surface area contributed by atoms with E-state index in [-0.39, 0.29) is 18.8 Å². The van der Waals surface area contributed by atoms with Gasteiger partial charge in [-0.3, -0.25) is 9.63 Å². The summed E-state index contributed by atoms with van der Waals surface area (Å²) in [6.45, 7) is 5.13. The van der Waals surface area contributed by atoms with E-state index in [1.807, 2.05) is 0 Å². The molecule has 2 aliphatic rings. The number of fused-ring (bicyclic) bond motifs is 2. The summed E-state index contributed by atoms with van der Waals surface area (Å²) in [6.07, 6.45) is 1.50. The molecule has 2 N–H and O–H groups in total. The van der Waals surface area contributed by atoms with E-state index in [0.717, 1.165) is 5.06 Å². The van der Waals surface area contributed by atoms with Crippen LogP contribution in [0.4, 0.5) is 4.79 Å². The average Bonchev–Trinajstić information content (AvgIpc) is 2.58. The number of hydrogen-bond donors (Lipinski definition) is 1. The zero-order valence-electron chi connectivity index (χ0n) is 12.2. The van der Waals surface area contributed by atoms with Crippen molar-refractivity contribution in [3.63, 3.8) is 0 Å². The lowest BCUT2D eigenvalue weighted by Crippen LogP contribution is -2.48. The quantitative estimate of drug-likeness (QED) is 0.559. The topological polar surface area (TPSA) is 102 Å². The number of esters is 1. The summed E-state index contributed by atoms with van der Waals surface area (Å²) in [5.41, 5.74) is 6.02. The van der Waals surface area contributed by atoms with Crippen molar-refractivity contribution in [2.24, 2.45) is 5.73 Å². The minimum atomic E-state index is -0.759. The van der Waals surface area contributed by atoms with Gasteiger partial charge in [-0.05, 0) is 26.3 Å². The third-order valence-corrected chi connectivity index (χ3v) is 3.28. The zero-order valence-corrected chi connectivity index (χ0v) is 12.2. The molecule has 8 heteroatoms. The Bertz CT molecular complexity index is 502. The number of primary amides is 1. The largest absolute Gasteiger partial charge is 0.461 e. The molecule has 21 heavy (non-hydrogen) atoms. The van der Waals surface area contributed by atoms with Crippen LogP contribution in [0.1, 0.15) is 20.8 Å². The molecular formula is C13H19N3O5. The summed E-state index contributed by atoms with van der Waals surface area (Å²) in [4.78, 5) is 41.7. The molecular weight excluding hydrogens is 278 g/mol. The van der Waals surface area contributed by atoms with E-state index >= 15 is 0 Å². The van der Waals surface area contributed by atoms with E-state index in [4.69, 9.17) is 15.3 Å². The van der Waals surface area contributed by atoms with Gasteiger partial charge in [0.15, 0.2) is 6.61 Å². The summed E-state index contributed by atoms with van der Waals surface area (Å²) in [6, 6.07) is -1.57. The number of nitrogens with two attached hydrogens (primary N) is 1. The molecule has 2 atom stereocenters. The fraction of sp³-hybridized carbons (Fsp3) is 0.615. The molecule has 0 saturated carbocycles. The van der Waals surface area contributed by atoms with Crippen molar-refractivity contribution < 1.29 is 24.0 Å². The second-order valence-corrected chi connectivity index (χ2v) is 5.36. The number of carbonyl (C=O) groups is 3. The summed E-state index contributed by atoms with van der Waals surface area (Å²) in [7, 11) is 0. The van der Waals surface area contributed by atoms with E-state index in [2.05, 4.69) is 0 Å². The zero-order chi connectivity index (χ0) is 15.7. The van der Waals surface area contributed by atoms with E-state index in [0.29, 0.717) is 12.1 Å². The van der Waals surface area contributed by atoms with Crippen molar-refractivity contribution in [1.29, 1.82) is 0 Å². The third kappa shape index (κ3) is 2.99. The first-order chi connectivity index (χ1) is 9.81. The standard InChI is InChI=1S/C13H19N3O5/c1-7(2)21-10(17)6-20-16-9-4-8(3)11(12(14)18)15(5-9)13(16)19/h4,7,9,11H,5-6H2,1-3H3,(H2,14,18)/t9-,11+/m1/s1. The van der Waals surface area contributed by atoms with Gasteiger partial charge in [-0.15, -0.1) is 0 Å². The molecule has 116 valence electrons. The van der Waals surface area contributed by atoms with Crippen LogP contribution < -0.4 is 5.73 Å². The van der Waals surface area contributed by atoms with Crippen LogP contribution in [0.15, 0.2) is 11.6 Å². The normalized spacial score (nSPS) is 24.4. The second-order valence-electron chi connectivity index (χ2n) is 5.36. The number of hydrogen-bond acceptors (Lipinski definition) is 5. The van der Waals surface area contributed by atoms with Crippen LogP contribution >= 0.6 is 0 Å². The Hall–Kier alpha value is -2.09. The van der Waals surface area contributed by atoms with Gasteiger partial charge < -0.3 is 15.4 Å². The highest BCUT2D eigenvalue weighted by Crippen LogP contribution is 2.29. The number of urea groups is 1. The van der Waals surface area contributed by atoms with Crippen LogP contribution in [0.25, 0.3) is 0 Å². The monoisotopic (exact) mass is 297 g/mol. The lowest BCUT2D eigenvalue weighted by Gasteiger charge is -2.27. The van der Waals surface area contributed by atoms with Crippen LogP contribution in [0.5, 0.6) is 0 Å². The van der Waals surface area contributed by atoms with Crippen molar-refractivity contribution in [1.82, 2.24) is 9.96 Å². The molecule has 0 aliphatic carbocycles. The van der Waals surface area contributed by atoms with Gasteiger partial charge in [-0.2, -0.15) is 5.06 Å². The molecule has 2 heterocycles. The molecule has 2 bridgehead atoms. The van der Waals surface area contributed by atoms with E-state index in [1.165, 1.54) is 4.90 Å². The van der Waals surface area contributed by atoms with Crippen molar-refractivity contribution in [3.8, 4) is 0 Å². The van der Waals surface area contributed by atoms with Gasteiger partial charge in [0.2, 0.25) is 5.91 Å². The molecule has 0 aromatic rings. The van der Waals surface area contributed by atoms with E-state index in [9.17, 15) is 14.4 Å². The fourth-order valence-electron chi connectivity index (χ4n) is 2.55. The predicted octanol–water partition coefficient (Wildman–Crippen LogP) is -0.210. The summed E-state index contributed by atoms with van der Waals surface area (Å²) >= 11 is 0. The lowest BCUT2D eigenvalue weighted by molar-refractivity contribution is -0.173. The highest BCUT2D eigenvalue weighted by Gasteiger charge is 2.47. The van der Waals surface area contributed by atoms with Gasteiger partial charge in [-0.1, -0.05) is 6.08 Å². The van der Waals surface area contributed by atoms with Crippen molar-refractivity contribution in [2.75, 3.05) is 13.2 Å². The third-order valence-electron chi connectivity index (χ3n) is 3.28. The molecule has 1 fully saturated rings. The maximum absolute atomic E-state index is 12.2. The van der Waals surface area contributed by atoms with Crippen LogP contribution in [-0.4, -0.2) is 59.2 Å². The van der Waals surface area contributed by atoms with Gasteiger partial charge in [0, 0.05) is 0 Å². The lowest BCUT2D eigenvalue weighted by atomic mass is 10.0. The molecule has 2 rings (SSSR count). The van der Waals surface area contributed by atoms with Gasteiger partial charge in [-0.25, -0.2) is 9.59 Å². The Labute approximate surface area is 122 Å². The number of rotatable bonds is 5. The molecule has 0 unspecified atom stereocenters. The number of carbonyl (C=O) groups excluding carboxylic acids is 3. The van der Waals surface area contributed by atoms with Crippen LogP contribution in [-0.2, 0) is 19.2 Å². The van der Waals surface area contributed by atoms with Crippen LogP contribution in [0.3, 0.4) is 0 Å². The van der Waals surface area contributed by atoms with Crippen molar-refractivity contribution in [3.05, 3.63) is 11.6 Å². The molecule has 0 aromatic heterocycles. The number of hydroxylamine groups is 2. The van der Waals surface area contributed by atoms with Gasteiger partial charge in [0.25, 0.3) is 0 Å². The summed E-state index contributed by atoms with van der Waals surface area (Å²) in [5, 5.41) is 1.09. The van der Waals surface area contributed by atoms with Gasteiger partial charge in [0.05, 0.1) is 18.7 Å². The Balaban J connectivity index is 2.03. The molecule has 3 amide bonds. The first-order valence-corrected chi connectivity index (χ1v) is 6.71. The smallest absolute Gasteiger partial charge is 0.345 e. The predicted molar refractivity (Wildman–Crippen MR) is 71.6 cm³/mol. The average molecular weight is 297 g/mol. The molecule has 8 nitrogen and oxygen atoms in total. The minimum Gasteiger partial charge on any atom is -0.461 e. The fourth-order valence-corrected chi connectivity index (χ4v) is 2.55. The van der Waals surface area contributed by atoms with Gasteiger partial charge >= 0.3 is 12.0 Å². The van der Waals surface area contributed by atoms with Crippen LogP contribution in [0, 0.1) is 0 Å². The van der Waals surface area contributed by atoms with E-state index < -0.39 is 23.9 Å². The minimum absolute atomic E-state index is 0.250. The second kappa shape index (κ2) is 5.72. The Kier molecular flexibility index (Phi) is 4.17. The number of ether oxygens (including phenoxy) is 1. The highest BCUT2D eigenvalue weighted by molar-refractivity contribution is 5.90. The molecule has 2 aliphatic heterocycles. The Morgan fingerprint density at radius 1 is 1.48 bits per heavy atom. The number of amides is 3. The molecule has 0 spiro atoms. The highest BCUT2D eigenvalue weighted by atomic mass is 16.7. The summed E-state index contributed by atoms with van der Waals surface area (Å²) < 4.78 is 4.93. The first kappa shape index (κ1) is 15.3. The van der Waals surface area contributed by atoms with Crippen LogP contribution in [0.2, 0.25) is 0 Å². The van der Waals surface area contributed by atoms with Crippen molar-refractivity contribution >= 4 is 17.9 Å². The SMILES string of the molecule is CC1=C[C@@H]2CN(C(=O)N2OCC(=O)OC(C)C)[C@@H]1C(N)=O. The molecule has 0 aromatic carbocycles. The number of nitrogens with zero attached hydrogens (tertiary/aromatic N) is 2. The Morgan fingerprint density at radius 2 is 2.14 bits per heavy atom. The first-order valence-electron chi connectivity index (χ1n) is 6.71. The molecule has 1 saturated heterocycles. The maximum Gasteiger partial charge on any atom is 0.345 e. The van der Waals surface area contributed by atoms with Crippen molar-refractivity contribution in [2.45, 2.75) is 39.0 Å². The summed E-state index contributed by atoms with van der Waals surface area (Å²) in [5.74, 6) is -1.14. The molecule has 0 radical (unpaired) electrons.